The lowest BCUT2D eigenvalue weighted by atomic mass is 10.3. The number of halogens is 3. The molecule has 1 aromatic rings. The van der Waals surface area contributed by atoms with Crippen LogP contribution in [0.25, 0.3) is 0 Å². The van der Waals surface area contributed by atoms with E-state index < -0.39 is 30.6 Å². The number of para-hydroxylation sites is 2. The number of benzene rings is 1. The number of hydrogen-bond donors (Lipinski definition) is 3. The zero-order valence-electron chi connectivity index (χ0n) is 9.45. The standard InChI is InChI=1S/C10H10F3N3O3/c11-10(12,13)19-7-4-2-1-3-6(7)15-5-8(17)16-9(14)18/h1-4,15H,5H2,(H3,14,16,17,18). The highest BCUT2D eigenvalue weighted by Gasteiger charge is 2.32. The van der Waals surface area contributed by atoms with Gasteiger partial charge in [0.2, 0.25) is 5.91 Å². The number of rotatable bonds is 4. The minimum absolute atomic E-state index is 0.0422. The highest BCUT2D eigenvalue weighted by Crippen LogP contribution is 2.29. The maximum absolute atomic E-state index is 12.1. The number of carbonyl (C=O) groups excluding carboxylic acids is 2. The Morgan fingerprint density at radius 3 is 2.47 bits per heavy atom. The molecule has 0 atom stereocenters. The molecule has 0 aromatic heterocycles. The van der Waals surface area contributed by atoms with E-state index in [9.17, 15) is 22.8 Å². The minimum atomic E-state index is -4.84. The van der Waals surface area contributed by atoms with Crippen LogP contribution in [-0.2, 0) is 4.79 Å². The van der Waals surface area contributed by atoms with Gasteiger partial charge < -0.3 is 15.8 Å². The minimum Gasteiger partial charge on any atom is -0.404 e. The van der Waals surface area contributed by atoms with Crippen LogP contribution >= 0.6 is 0 Å². The first-order valence-corrected chi connectivity index (χ1v) is 4.96. The summed E-state index contributed by atoms with van der Waals surface area (Å²) >= 11 is 0. The van der Waals surface area contributed by atoms with E-state index in [4.69, 9.17) is 5.73 Å². The number of imide groups is 1. The summed E-state index contributed by atoms with van der Waals surface area (Å²) in [6.07, 6.45) is -4.84. The Balaban J connectivity index is 2.68. The molecule has 104 valence electrons. The van der Waals surface area contributed by atoms with Crippen LogP contribution in [0, 0.1) is 0 Å². The molecule has 1 rings (SSSR count). The van der Waals surface area contributed by atoms with Gasteiger partial charge in [-0.3, -0.25) is 10.1 Å². The highest BCUT2D eigenvalue weighted by atomic mass is 19.4. The molecule has 0 heterocycles. The van der Waals surface area contributed by atoms with E-state index in [0.29, 0.717) is 0 Å². The van der Waals surface area contributed by atoms with Gasteiger partial charge in [0.1, 0.15) is 0 Å². The number of hydrogen-bond acceptors (Lipinski definition) is 4. The molecule has 19 heavy (non-hydrogen) atoms. The second kappa shape index (κ2) is 5.94. The van der Waals surface area contributed by atoms with Crippen molar-refractivity contribution in [2.75, 3.05) is 11.9 Å². The van der Waals surface area contributed by atoms with Crippen LogP contribution < -0.4 is 21.1 Å². The third-order valence-corrected chi connectivity index (χ3v) is 1.81. The lowest BCUT2D eigenvalue weighted by Crippen LogP contribution is -2.38. The molecule has 0 bridgehead atoms. The van der Waals surface area contributed by atoms with Crippen molar-refractivity contribution in [2.24, 2.45) is 5.73 Å². The van der Waals surface area contributed by atoms with Crippen LogP contribution in [0.15, 0.2) is 24.3 Å². The third-order valence-electron chi connectivity index (χ3n) is 1.81. The number of carbonyl (C=O) groups is 2. The van der Waals surface area contributed by atoms with Crippen molar-refractivity contribution in [1.82, 2.24) is 5.32 Å². The molecule has 4 N–H and O–H groups in total. The van der Waals surface area contributed by atoms with Gasteiger partial charge in [-0.2, -0.15) is 0 Å². The molecule has 0 aliphatic rings. The molecule has 9 heteroatoms. The molecule has 0 fully saturated rings. The number of primary amides is 1. The van der Waals surface area contributed by atoms with Crippen molar-refractivity contribution in [3.05, 3.63) is 24.3 Å². The summed E-state index contributed by atoms with van der Waals surface area (Å²) < 4.78 is 40.1. The molecule has 0 saturated carbocycles. The van der Waals surface area contributed by atoms with Crippen LogP contribution in [0.3, 0.4) is 0 Å². The fraction of sp³-hybridized carbons (Fsp3) is 0.200. The van der Waals surface area contributed by atoms with Crippen LogP contribution in [0.2, 0.25) is 0 Å². The fourth-order valence-electron chi connectivity index (χ4n) is 1.18. The third kappa shape index (κ3) is 5.61. The van der Waals surface area contributed by atoms with Gasteiger partial charge in [-0.05, 0) is 12.1 Å². The Kier molecular flexibility index (Phi) is 4.56. The molecule has 1 aromatic carbocycles. The summed E-state index contributed by atoms with van der Waals surface area (Å²) in [6, 6.07) is 4.12. The van der Waals surface area contributed by atoms with Crippen molar-refractivity contribution < 1.29 is 27.5 Å². The Morgan fingerprint density at radius 2 is 1.89 bits per heavy atom. The zero-order chi connectivity index (χ0) is 14.5. The molecular formula is C10H10F3N3O3. The molecule has 0 unspecified atom stereocenters. The number of ether oxygens (including phenoxy) is 1. The topological polar surface area (TPSA) is 93.5 Å². The fourth-order valence-corrected chi connectivity index (χ4v) is 1.18. The van der Waals surface area contributed by atoms with E-state index in [0.717, 1.165) is 6.07 Å². The second-order valence-corrected chi connectivity index (χ2v) is 3.31. The number of urea groups is 1. The number of amides is 3. The molecule has 0 spiro atoms. The van der Waals surface area contributed by atoms with E-state index in [1.807, 2.05) is 0 Å². The second-order valence-electron chi connectivity index (χ2n) is 3.31. The number of anilines is 1. The van der Waals surface area contributed by atoms with Gasteiger partial charge in [0.15, 0.2) is 5.75 Å². The quantitative estimate of drug-likeness (QED) is 0.770. The maximum atomic E-state index is 12.1. The van der Waals surface area contributed by atoms with Gasteiger partial charge in [0.05, 0.1) is 12.2 Å². The van der Waals surface area contributed by atoms with E-state index in [1.54, 1.807) is 5.32 Å². The molecule has 0 saturated heterocycles. The van der Waals surface area contributed by atoms with E-state index in [-0.39, 0.29) is 5.69 Å². The summed E-state index contributed by atoms with van der Waals surface area (Å²) in [5.74, 6) is -1.27. The van der Waals surface area contributed by atoms with Crippen LogP contribution in [0.5, 0.6) is 5.75 Å². The van der Waals surface area contributed by atoms with Crippen LogP contribution in [0.4, 0.5) is 23.7 Å². The van der Waals surface area contributed by atoms with Crippen LogP contribution in [-0.4, -0.2) is 24.8 Å². The Morgan fingerprint density at radius 1 is 1.26 bits per heavy atom. The first-order chi connectivity index (χ1) is 8.78. The highest BCUT2D eigenvalue weighted by molar-refractivity contribution is 5.95. The Bertz CT molecular complexity index is 477. The van der Waals surface area contributed by atoms with E-state index in [1.165, 1.54) is 18.2 Å². The Labute approximate surface area is 105 Å². The molecule has 0 radical (unpaired) electrons. The number of nitrogens with one attached hydrogen (secondary N) is 2. The van der Waals surface area contributed by atoms with Gasteiger partial charge in [0, 0.05) is 0 Å². The van der Waals surface area contributed by atoms with Crippen LogP contribution in [0.1, 0.15) is 0 Å². The average molecular weight is 277 g/mol. The van der Waals surface area contributed by atoms with Gasteiger partial charge in [-0.15, -0.1) is 13.2 Å². The predicted molar refractivity (Wildman–Crippen MR) is 59.3 cm³/mol. The maximum Gasteiger partial charge on any atom is 0.573 e. The average Bonchev–Trinajstić information content (AvgIpc) is 2.25. The van der Waals surface area contributed by atoms with E-state index >= 15 is 0 Å². The summed E-state index contributed by atoms with van der Waals surface area (Å²) in [5, 5.41) is 4.15. The number of alkyl halides is 3. The normalized spacial score (nSPS) is 10.7. The molecule has 0 aliphatic carbocycles. The molecular weight excluding hydrogens is 267 g/mol. The van der Waals surface area contributed by atoms with E-state index in [2.05, 4.69) is 10.1 Å². The number of nitrogens with two attached hydrogens (primary N) is 1. The first-order valence-electron chi connectivity index (χ1n) is 4.96. The SMILES string of the molecule is NC(=O)NC(=O)CNc1ccccc1OC(F)(F)F. The Hall–Kier alpha value is -2.45. The molecule has 3 amide bonds. The monoisotopic (exact) mass is 277 g/mol. The van der Waals surface area contributed by atoms with Gasteiger partial charge in [-0.25, -0.2) is 4.79 Å². The smallest absolute Gasteiger partial charge is 0.404 e. The molecule has 6 nitrogen and oxygen atoms in total. The van der Waals surface area contributed by atoms with Gasteiger partial charge >= 0.3 is 12.4 Å². The van der Waals surface area contributed by atoms with Crippen molar-refractivity contribution in [3.63, 3.8) is 0 Å². The van der Waals surface area contributed by atoms with Gasteiger partial charge in [0.25, 0.3) is 0 Å². The largest absolute Gasteiger partial charge is 0.573 e. The zero-order valence-corrected chi connectivity index (χ0v) is 9.45. The van der Waals surface area contributed by atoms with Crippen molar-refractivity contribution in [2.45, 2.75) is 6.36 Å². The summed E-state index contributed by atoms with van der Waals surface area (Å²) in [6.45, 7) is -0.429. The lowest BCUT2D eigenvalue weighted by molar-refractivity contribution is -0.274. The summed E-state index contributed by atoms with van der Waals surface area (Å²) in [7, 11) is 0. The summed E-state index contributed by atoms with van der Waals surface area (Å²) in [5.41, 5.74) is 4.66. The lowest BCUT2D eigenvalue weighted by Gasteiger charge is -2.14. The van der Waals surface area contributed by atoms with Crippen molar-refractivity contribution >= 4 is 17.6 Å². The van der Waals surface area contributed by atoms with Crippen molar-refractivity contribution in [3.8, 4) is 5.75 Å². The first kappa shape index (κ1) is 14.6. The molecule has 0 aliphatic heterocycles. The predicted octanol–water partition coefficient (Wildman–Crippen LogP) is 1.19. The van der Waals surface area contributed by atoms with Gasteiger partial charge in [-0.1, -0.05) is 12.1 Å². The van der Waals surface area contributed by atoms with Crippen molar-refractivity contribution in [1.29, 1.82) is 0 Å². The summed E-state index contributed by atoms with van der Waals surface area (Å²) in [4.78, 5) is 21.5.